The summed E-state index contributed by atoms with van der Waals surface area (Å²) in [5.41, 5.74) is 1.97. The molecule has 0 aliphatic carbocycles. The highest BCUT2D eigenvalue weighted by atomic mass is 32.1. The molecule has 1 aliphatic rings. The fraction of sp³-hybridized carbons (Fsp3) is 0.500. The molecule has 0 aromatic carbocycles. The van der Waals surface area contributed by atoms with Crippen molar-refractivity contribution in [3.05, 3.63) is 23.1 Å². The van der Waals surface area contributed by atoms with E-state index in [-0.39, 0.29) is 0 Å². The number of aromatic nitrogens is 3. The van der Waals surface area contributed by atoms with Gasteiger partial charge in [0, 0.05) is 18.8 Å². The van der Waals surface area contributed by atoms with Gasteiger partial charge in [-0.2, -0.15) is 0 Å². The summed E-state index contributed by atoms with van der Waals surface area (Å²) in [6.07, 6.45) is 4.11. The maximum Gasteiger partial charge on any atom is 0.179 e. The lowest BCUT2D eigenvalue weighted by Crippen LogP contribution is -2.25. The smallest absolute Gasteiger partial charge is 0.179 e. The van der Waals surface area contributed by atoms with Gasteiger partial charge in [0.25, 0.3) is 0 Å². The molecular formula is C12H15N3OS. The van der Waals surface area contributed by atoms with Gasteiger partial charge in [-0.25, -0.2) is 4.98 Å². The van der Waals surface area contributed by atoms with Crippen molar-refractivity contribution < 1.29 is 4.74 Å². The monoisotopic (exact) mass is 249 g/mol. The van der Waals surface area contributed by atoms with Crippen molar-refractivity contribution in [3.63, 3.8) is 0 Å². The van der Waals surface area contributed by atoms with Gasteiger partial charge in [-0.05, 0) is 44.1 Å². The summed E-state index contributed by atoms with van der Waals surface area (Å²) in [4.78, 5) is 7.64. The van der Waals surface area contributed by atoms with Crippen LogP contribution in [0.5, 0.6) is 0 Å². The SMILES string of the molecule is CC1CC(n2c(=S)[nH]c3cccnc32)CCO1. The Kier molecular flexibility index (Phi) is 2.72. The summed E-state index contributed by atoms with van der Waals surface area (Å²) in [5, 5.41) is 0. The van der Waals surface area contributed by atoms with Gasteiger partial charge in [-0.1, -0.05) is 0 Å². The van der Waals surface area contributed by atoms with Gasteiger partial charge in [-0.3, -0.25) is 4.57 Å². The Bertz CT molecular complexity index is 589. The van der Waals surface area contributed by atoms with Gasteiger partial charge in [0.15, 0.2) is 10.4 Å². The number of hydrogen-bond donors (Lipinski definition) is 1. The zero-order valence-corrected chi connectivity index (χ0v) is 10.5. The topological polar surface area (TPSA) is 42.8 Å². The summed E-state index contributed by atoms with van der Waals surface area (Å²) in [6, 6.07) is 4.33. The van der Waals surface area contributed by atoms with E-state index in [1.807, 2.05) is 18.3 Å². The van der Waals surface area contributed by atoms with Crippen LogP contribution in [0.25, 0.3) is 11.2 Å². The number of hydrogen-bond acceptors (Lipinski definition) is 3. The molecule has 1 aliphatic heterocycles. The predicted octanol–water partition coefficient (Wildman–Crippen LogP) is 2.83. The predicted molar refractivity (Wildman–Crippen MR) is 68.6 cm³/mol. The van der Waals surface area contributed by atoms with Gasteiger partial charge in [0.2, 0.25) is 0 Å². The Hall–Kier alpha value is -1.20. The minimum Gasteiger partial charge on any atom is -0.378 e. The van der Waals surface area contributed by atoms with Gasteiger partial charge in [0.1, 0.15) is 0 Å². The van der Waals surface area contributed by atoms with E-state index in [0.29, 0.717) is 12.1 Å². The minimum atomic E-state index is 0.296. The van der Waals surface area contributed by atoms with Crippen molar-refractivity contribution in [2.45, 2.75) is 31.9 Å². The lowest BCUT2D eigenvalue weighted by molar-refractivity contribution is 0.00638. The highest BCUT2D eigenvalue weighted by molar-refractivity contribution is 7.71. The summed E-state index contributed by atoms with van der Waals surface area (Å²) in [6.45, 7) is 2.91. The molecule has 0 saturated carbocycles. The first-order valence-electron chi connectivity index (χ1n) is 5.92. The van der Waals surface area contributed by atoms with Crippen LogP contribution in [0.15, 0.2) is 18.3 Å². The quantitative estimate of drug-likeness (QED) is 0.790. The van der Waals surface area contributed by atoms with E-state index in [9.17, 15) is 0 Å². The van der Waals surface area contributed by atoms with Crippen LogP contribution in [0.3, 0.4) is 0 Å². The molecule has 5 heteroatoms. The van der Waals surface area contributed by atoms with E-state index in [1.165, 1.54) is 0 Å². The molecule has 0 bridgehead atoms. The van der Waals surface area contributed by atoms with Gasteiger partial charge in [0.05, 0.1) is 11.6 Å². The van der Waals surface area contributed by atoms with Crippen LogP contribution in [0.1, 0.15) is 25.8 Å². The van der Waals surface area contributed by atoms with Crippen LogP contribution in [-0.4, -0.2) is 27.2 Å². The molecule has 4 nitrogen and oxygen atoms in total. The molecule has 1 fully saturated rings. The number of rotatable bonds is 1. The molecule has 1 saturated heterocycles. The summed E-state index contributed by atoms with van der Waals surface area (Å²) in [7, 11) is 0. The highest BCUT2D eigenvalue weighted by Crippen LogP contribution is 2.28. The fourth-order valence-corrected chi connectivity index (χ4v) is 2.85. The summed E-state index contributed by atoms with van der Waals surface area (Å²) < 4.78 is 8.48. The fourth-order valence-electron chi connectivity index (χ4n) is 2.51. The zero-order chi connectivity index (χ0) is 11.8. The maximum absolute atomic E-state index is 5.58. The number of imidazole rings is 1. The first-order chi connectivity index (χ1) is 8.25. The van der Waals surface area contributed by atoms with E-state index in [1.54, 1.807) is 0 Å². The molecule has 1 N–H and O–H groups in total. The third-order valence-electron chi connectivity index (χ3n) is 3.30. The molecule has 3 rings (SSSR count). The molecule has 2 aromatic heterocycles. The first-order valence-corrected chi connectivity index (χ1v) is 6.33. The van der Waals surface area contributed by atoms with E-state index in [2.05, 4.69) is 21.5 Å². The molecule has 17 heavy (non-hydrogen) atoms. The molecule has 2 unspecified atom stereocenters. The summed E-state index contributed by atoms with van der Waals surface area (Å²) >= 11 is 5.40. The number of nitrogens with one attached hydrogen (secondary N) is 1. The maximum atomic E-state index is 5.58. The molecule has 0 radical (unpaired) electrons. The Morgan fingerprint density at radius 2 is 2.47 bits per heavy atom. The lowest BCUT2D eigenvalue weighted by atomic mass is 10.0. The highest BCUT2D eigenvalue weighted by Gasteiger charge is 2.23. The second-order valence-corrected chi connectivity index (χ2v) is 4.92. The standard InChI is InChI=1S/C12H15N3OS/c1-8-7-9(4-6-16-8)15-11-10(14-12(15)17)3-2-5-13-11/h2-3,5,8-9H,4,6-7H2,1H3,(H,14,17). The van der Waals surface area contributed by atoms with Crippen LogP contribution in [0.2, 0.25) is 0 Å². The van der Waals surface area contributed by atoms with Crippen molar-refractivity contribution in [1.82, 2.24) is 14.5 Å². The molecule has 0 spiro atoms. The zero-order valence-electron chi connectivity index (χ0n) is 9.72. The van der Waals surface area contributed by atoms with Crippen molar-refractivity contribution in [2.24, 2.45) is 0 Å². The van der Waals surface area contributed by atoms with E-state index >= 15 is 0 Å². The second kappa shape index (κ2) is 4.23. The van der Waals surface area contributed by atoms with Crippen molar-refractivity contribution in [2.75, 3.05) is 6.61 Å². The Balaban J connectivity index is 2.10. The van der Waals surface area contributed by atoms with Crippen LogP contribution in [-0.2, 0) is 4.74 Å². The normalized spacial score (nSPS) is 25.2. The number of H-pyrrole nitrogens is 1. The number of nitrogens with zero attached hydrogens (tertiary/aromatic N) is 2. The van der Waals surface area contributed by atoms with Gasteiger partial charge >= 0.3 is 0 Å². The second-order valence-electron chi connectivity index (χ2n) is 4.53. The molecule has 0 amide bonds. The van der Waals surface area contributed by atoms with Crippen LogP contribution < -0.4 is 0 Å². The minimum absolute atomic E-state index is 0.296. The Morgan fingerprint density at radius 3 is 3.29 bits per heavy atom. The largest absolute Gasteiger partial charge is 0.378 e. The van der Waals surface area contributed by atoms with Gasteiger partial charge < -0.3 is 9.72 Å². The van der Waals surface area contributed by atoms with Crippen LogP contribution in [0, 0.1) is 4.77 Å². The van der Waals surface area contributed by atoms with Crippen LogP contribution in [0.4, 0.5) is 0 Å². The lowest BCUT2D eigenvalue weighted by Gasteiger charge is -2.28. The van der Waals surface area contributed by atoms with E-state index in [4.69, 9.17) is 17.0 Å². The van der Waals surface area contributed by atoms with Crippen molar-refractivity contribution >= 4 is 23.4 Å². The molecule has 2 atom stereocenters. The Labute approximate surface area is 105 Å². The van der Waals surface area contributed by atoms with Gasteiger partial charge in [-0.15, -0.1) is 0 Å². The van der Waals surface area contributed by atoms with Crippen molar-refractivity contribution in [3.8, 4) is 0 Å². The van der Waals surface area contributed by atoms with Crippen LogP contribution >= 0.6 is 12.2 Å². The molecule has 3 heterocycles. The molecular weight excluding hydrogens is 234 g/mol. The molecule has 2 aromatic rings. The average molecular weight is 249 g/mol. The third-order valence-corrected chi connectivity index (χ3v) is 3.60. The third kappa shape index (κ3) is 1.89. The number of pyridine rings is 1. The Morgan fingerprint density at radius 1 is 1.59 bits per heavy atom. The summed E-state index contributed by atoms with van der Waals surface area (Å²) in [5.74, 6) is 0. The number of ether oxygens (including phenoxy) is 1. The van der Waals surface area contributed by atoms with E-state index < -0.39 is 0 Å². The number of aromatic amines is 1. The molecule has 90 valence electrons. The average Bonchev–Trinajstić information content (AvgIpc) is 2.64. The number of fused-ring (bicyclic) bond motifs is 1. The van der Waals surface area contributed by atoms with Crippen molar-refractivity contribution in [1.29, 1.82) is 0 Å². The first kappa shape index (κ1) is 10.9. The van der Waals surface area contributed by atoms with E-state index in [0.717, 1.165) is 35.4 Å².